The number of amides is 1. The molecule has 1 aliphatic heterocycles. The van der Waals surface area contributed by atoms with Gasteiger partial charge in [-0.05, 0) is 18.6 Å². The molecule has 0 radical (unpaired) electrons. The lowest BCUT2D eigenvalue weighted by Gasteiger charge is -2.35. The van der Waals surface area contributed by atoms with Crippen LogP contribution in [0.1, 0.15) is 26.2 Å². The third-order valence-electron chi connectivity index (χ3n) is 4.26. The molecule has 0 unspecified atom stereocenters. The Hall–Kier alpha value is -1.31. The fourth-order valence-corrected chi connectivity index (χ4v) is 4.38. The lowest BCUT2D eigenvalue weighted by atomic mass is 10.2. The highest BCUT2D eigenvalue weighted by atomic mass is 35.5. The minimum absolute atomic E-state index is 0.0586. The van der Waals surface area contributed by atoms with Crippen LogP contribution >= 0.6 is 11.6 Å². The number of sulfonamides is 1. The predicted octanol–water partition coefficient (Wildman–Crippen LogP) is 2.10. The highest BCUT2D eigenvalue weighted by molar-refractivity contribution is 7.89. The number of unbranched alkanes of at least 4 members (excludes halogenated alkanes) is 1. The number of hydrogen-bond acceptors (Lipinski definition) is 4. The van der Waals surface area contributed by atoms with Gasteiger partial charge in [0, 0.05) is 39.1 Å². The summed E-state index contributed by atoms with van der Waals surface area (Å²) in [7, 11) is -3.36. The number of halogens is 1. The number of anilines is 1. The third-order valence-corrected chi connectivity index (χ3v) is 6.46. The average Bonchev–Trinajstić information content (AvgIpc) is 2.60. The van der Waals surface area contributed by atoms with Crippen LogP contribution < -0.4 is 10.2 Å². The van der Waals surface area contributed by atoms with Crippen molar-refractivity contribution in [3.05, 3.63) is 29.3 Å². The van der Waals surface area contributed by atoms with Crippen LogP contribution in [-0.4, -0.2) is 57.1 Å². The SMILES string of the molecule is CCCCC(=O)NCCS(=O)(=O)N1CCN(c2ccccc2Cl)CC1. The number of hydrogen-bond donors (Lipinski definition) is 1. The summed E-state index contributed by atoms with van der Waals surface area (Å²) in [5.41, 5.74) is 0.935. The van der Waals surface area contributed by atoms with Crippen molar-refractivity contribution < 1.29 is 13.2 Å². The van der Waals surface area contributed by atoms with Crippen LogP contribution in [0.25, 0.3) is 0 Å². The van der Waals surface area contributed by atoms with E-state index in [1.807, 2.05) is 31.2 Å². The standard InChI is InChI=1S/C17H26ClN3O3S/c1-2-3-8-17(22)19-9-14-25(23,24)21-12-10-20(11-13-21)16-7-5-4-6-15(16)18/h4-7H,2-3,8-14H2,1H3,(H,19,22). The predicted molar refractivity (Wildman–Crippen MR) is 102 cm³/mol. The zero-order chi connectivity index (χ0) is 18.3. The fourth-order valence-electron chi connectivity index (χ4n) is 2.79. The maximum absolute atomic E-state index is 12.4. The summed E-state index contributed by atoms with van der Waals surface area (Å²) in [5, 5.41) is 3.36. The largest absolute Gasteiger partial charge is 0.368 e. The van der Waals surface area contributed by atoms with E-state index in [2.05, 4.69) is 10.2 Å². The van der Waals surface area contributed by atoms with Crippen molar-refractivity contribution in [2.75, 3.05) is 43.4 Å². The molecular formula is C17H26ClN3O3S. The lowest BCUT2D eigenvalue weighted by molar-refractivity contribution is -0.121. The van der Waals surface area contributed by atoms with Crippen LogP contribution in [-0.2, 0) is 14.8 Å². The Bertz CT molecular complexity index is 673. The molecule has 140 valence electrons. The first-order chi connectivity index (χ1) is 11.9. The number of piperazine rings is 1. The highest BCUT2D eigenvalue weighted by Crippen LogP contribution is 2.26. The van der Waals surface area contributed by atoms with Crippen LogP contribution in [0.2, 0.25) is 5.02 Å². The summed E-state index contributed by atoms with van der Waals surface area (Å²) >= 11 is 6.20. The van der Waals surface area contributed by atoms with Gasteiger partial charge in [-0.15, -0.1) is 0 Å². The Morgan fingerprint density at radius 2 is 1.88 bits per heavy atom. The van der Waals surface area contributed by atoms with Crippen molar-refractivity contribution in [1.82, 2.24) is 9.62 Å². The maximum Gasteiger partial charge on any atom is 0.220 e. The van der Waals surface area contributed by atoms with Gasteiger partial charge in [-0.1, -0.05) is 37.1 Å². The van der Waals surface area contributed by atoms with Crippen molar-refractivity contribution in [3.63, 3.8) is 0 Å². The zero-order valence-electron chi connectivity index (χ0n) is 14.6. The van der Waals surface area contributed by atoms with E-state index in [0.717, 1.165) is 18.5 Å². The van der Waals surface area contributed by atoms with Gasteiger partial charge in [0.1, 0.15) is 0 Å². The molecule has 1 aromatic rings. The van der Waals surface area contributed by atoms with E-state index >= 15 is 0 Å². The van der Waals surface area contributed by atoms with Crippen molar-refractivity contribution in [1.29, 1.82) is 0 Å². The number of nitrogens with one attached hydrogen (secondary N) is 1. The molecule has 1 heterocycles. The van der Waals surface area contributed by atoms with E-state index in [4.69, 9.17) is 11.6 Å². The smallest absolute Gasteiger partial charge is 0.220 e. The summed E-state index contributed by atoms with van der Waals surface area (Å²) in [6.07, 6.45) is 2.22. The minimum atomic E-state index is -3.36. The van der Waals surface area contributed by atoms with Gasteiger partial charge in [0.05, 0.1) is 16.5 Å². The molecule has 0 aromatic heterocycles. The van der Waals surface area contributed by atoms with E-state index < -0.39 is 10.0 Å². The Kier molecular flexibility index (Phi) is 7.53. The molecule has 1 aromatic carbocycles. The molecule has 0 spiro atoms. The van der Waals surface area contributed by atoms with E-state index in [1.165, 1.54) is 4.31 Å². The first-order valence-corrected chi connectivity index (χ1v) is 10.7. The first kappa shape index (κ1) is 20.0. The van der Waals surface area contributed by atoms with Gasteiger partial charge in [0.2, 0.25) is 15.9 Å². The summed E-state index contributed by atoms with van der Waals surface area (Å²) in [5.74, 6) is -0.141. The minimum Gasteiger partial charge on any atom is -0.368 e. The summed E-state index contributed by atoms with van der Waals surface area (Å²) in [4.78, 5) is 13.7. The molecule has 0 atom stereocenters. The zero-order valence-corrected chi connectivity index (χ0v) is 16.2. The lowest BCUT2D eigenvalue weighted by Crippen LogP contribution is -2.50. The number of rotatable bonds is 8. The van der Waals surface area contributed by atoms with Gasteiger partial charge in [-0.3, -0.25) is 4.79 Å². The van der Waals surface area contributed by atoms with Gasteiger partial charge in [-0.25, -0.2) is 8.42 Å². The molecule has 6 nitrogen and oxygen atoms in total. The molecule has 1 N–H and O–H groups in total. The fraction of sp³-hybridized carbons (Fsp3) is 0.588. The molecule has 1 amide bonds. The van der Waals surface area contributed by atoms with E-state index in [-0.39, 0.29) is 18.2 Å². The number of nitrogens with zero attached hydrogens (tertiary/aromatic N) is 2. The molecule has 25 heavy (non-hydrogen) atoms. The van der Waals surface area contributed by atoms with Gasteiger partial charge in [0.15, 0.2) is 0 Å². The monoisotopic (exact) mass is 387 g/mol. The highest BCUT2D eigenvalue weighted by Gasteiger charge is 2.27. The molecule has 2 rings (SSSR count). The van der Waals surface area contributed by atoms with E-state index in [0.29, 0.717) is 37.6 Å². The molecule has 0 saturated carbocycles. The van der Waals surface area contributed by atoms with Gasteiger partial charge in [-0.2, -0.15) is 4.31 Å². The Labute approximate surface area is 155 Å². The number of carbonyl (C=O) groups excluding carboxylic acids is 1. The third kappa shape index (κ3) is 5.87. The number of benzene rings is 1. The molecule has 8 heteroatoms. The Morgan fingerprint density at radius 1 is 1.20 bits per heavy atom. The molecule has 0 aliphatic carbocycles. The molecular weight excluding hydrogens is 362 g/mol. The summed E-state index contributed by atoms with van der Waals surface area (Å²) in [6, 6.07) is 7.58. The molecule has 1 saturated heterocycles. The number of carbonyl (C=O) groups is 1. The molecule has 0 bridgehead atoms. The van der Waals surface area contributed by atoms with Crippen molar-refractivity contribution in [3.8, 4) is 0 Å². The van der Waals surface area contributed by atoms with Crippen LogP contribution in [0, 0.1) is 0 Å². The second-order valence-electron chi connectivity index (χ2n) is 6.11. The van der Waals surface area contributed by atoms with Gasteiger partial charge < -0.3 is 10.2 Å². The van der Waals surface area contributed by atoms with Gasteiger partial charge >= 0.3 is 0 Å². The quantitative estimate of drug-likeness (QED) is 0.741. The van der Waals surface area contributed by atoms with E-state index in [1.54, 1.807) is 0 Å². The summed E-state index contributed by atoms with van der Waals surface area (Å²) in [6.45, 7) is 4.24. The van der Waals surface area contributed by atoms with Crippen LogP contribution in [0.3, 0.4) is 0 Å². The van der Waals surface area contributed by atoms with E-state index in [9.17, 15) is 13.2 Å². The van der Waals surface area contributed by atoms with Crippen LogP contribution in [0.4, 0.5) is 5.69 Å². The summed E-state index contributed by atoms with van der Waals surface area (Å²) < 4.78 is 26.3. The molecule has 1 aliphatic rings. The second-order valence-corrected chi connectivity index (χ2v) is 8.60. The normalized spacial score (nSPS) is 16.0. The average molecular weight is 388 g/mol. The van der Waals surface area contributed by atoms with Crippen LogP contribution in [0.5, 0.6) is 0 Å². The first-order valence-electron chi connectivity index (χ1n) is 8.68. The van der Waals surface area contributed by atoms with Crippen molar-refractivity contribution in [2.45, 2.75) is 26.2 Å². The molecule has 1 fully saturated rings. The maximum atomic E-state index is 12.4. The van der Waals surface area contributed by atoms with Crippen LogP contribution in [0.15, 0.2) is 24.3 Å². The topological polar surface area (TPSA) is 69.7 Å². The Balaban J connectivity index is 1.81. The second kappa shape index (κ2) is 9.40. The van der Waals surface area contributed by atoms with Crippen molar-refractivity contribution >= 4 is 33.2 Å². The van der Waals surface area contributed by atoms with Gasteiger partial charge in [0.25, 0.3) is 0 Å². The number of para-hydroxylation sites is 1. The van der Waals surface area contributed by atoms with Crippen molar-refractivity contribution in [2.24, 2.45) is 0 Å². The Morgan fingerprint density at radius 3 is 2.52 bits per heavy atom.